The molecule has 3 fully saturated rings. The minimum absolute atomic E-state index is 0.179. The number of hydrogen-bond acceptors (Lipinski definition) is 5. The van der Waals surface area contributed by atoms with Crippen molar-refractivity contribution in [1.82, 2.24) is 19.6 Å². The van der Waals surface area contributed by atoms with Crippen molar-refractivity contribution < 1.29 is 9.90 Å². The van der Waals surface area contributed by atoms with Crippen LogP contribution in [0, 0.1) is 0 Å². The number of piperazine rings is 2. The zero-order chi connectivity index (χ0) is 20.4. The Morgan fingerprint density at radius 1 is 1.07 bits per heavy atom. The van der Waals surface area contributed by atoms with E-state index >= 15 is 0 Å². The molecule has 2 atom stereocenters. The highest BCUT2D eigenvalue weighted by atomic mass is 16.3. The van der Waals surface area contributed by atoms with Crippen LogP contribution in [-0.2, 0) is 11.3 Å². The van der Waals surface area contributed by atoms with Crippen molar-refractivity contribution in [1.29, 1.82) is 0 Å². The second kappa shape index (κ2) is 8.72. The second-order valence-electron chi connectivity index (χ2n) is 9.39. The van der Waals surface area contributed by atoms with Gasteiger partial charge in [-0.3, -0.25) is 19.5 Å². The van der Waals surface area contributed by atoms with Crippen LogP contribution in [0.15, 0.2) is 30.3 Å². The predicted molar refractivity (Wildman–Crippen MR) is 115 cm³/mol. The molecule has 6 nitrogen and oxygen atoms in total. The van der Waals surface area contributed by atoms with Crippen LogP contribution in [0.5, 0.6) is 0 Å². The van der Waals surface area contributed by atoms with E-state index < -0.39 is 0 Å². The molecule has 29 heavy (non-hydrogen) atoms. The molecule has 3 heterocycles. The largest absolute Gasteiger partial charge is 0.394 e. The standard InChI is InChI=1S/C23H36N4O2/c1-19(29)25-10-8-21(9-11-25)26-12-13-27-22(16-26)15-24(17-23(27,2)18-28)14-20-6-4-3-5-7-20/h3-7,21-22,28H,8-18H2,1-2H3/t22-,23+/m1/s1. The smallest absolute Gasteiger partial charge is 0.219 e. The lowest BCUT2D eigenvalue weighted by Crippen LogP contribution is -2.72. The molecule has 0 aliphatic carbocycles. The van der Waals surface area contributed by atoms with Gasteiger partial charge in [-0.25, -0.2) is 0 Å². The first-order valence-electron chi connectivity index (χ1n) is 11.1. The fraction of sp³-hybridized carbons (Fsp3) is 0.696. The zero-order valence-corrected chi connectivity index (χ0v) is 18.0. The minimum Gasteiger partial charge on any atom is -0.394 e. The number of likely N-dealkylation sites (tertiary alicyclic amines) is 1. The summed E-state index contributed by atoms with van der Waals surface area (Å²) < 4.78 is 0. The highest BCUT2D eigenvalue weighted by Gasteiger charge is 2.45. The van der Waals surface area contributed by atoms with Crippen molar-refractivity contribution in [2.75, 3.05) is 52.4 Å². The van der Waals surface area contributed by atoms with Gasteiger partial charge < -0.3 is 10.0 Å². The lowest BCUT2D eigenvalue weighted by atomic mass is 9.90. The monoisotopic (exact) mass is 400 g/mol. The van der Waals surface area contributed by atoms with Gasteiger partial charge in [0.15, 0.2) is 0 Å². The Bertz CT molecular complexity index is 691. The van der Waals surface area contributed by atoms with Crippen LogP contribution < -0.4 is 0 Å². The molecule has 3 saturated heterocycles. The summed E-state index contributed by atoms with van der Waals surface area (Å²) in [5, 5.41) is 10.2. The van der Waals surface area contributed by atoms with Gasteiger partial charge >= 0.3 is 0 Å². The number of carbonyl (C=O) groups excluding carboxylic acids is 1. The molecule has 0 bridgehead atoms. The molecular weight excluding hydrogens is 364 g/mol. The number of aliphatic hydroxyl groups excluding tert-OH is 1. The van der Waals surface area contributed by atoms with Crippen molar-refractivity contribution >= 4 is 5.91 Å². The summed E-state index contributed by atoms with van der Waals surface area (Å²) in [5.74, 6) is 0.204. The van der Waals surface area contributed by atoms with Gasteiger partial charge in [-0.2, -0.15) is 0 Å². The highest BCUT2D eigenvalue weighted by Crippen LogP contribution is 2.31. The summed E-state index contributed by atoms with van der Waals surface area (Å²) in [6, 6.07) is 11.7. The zero-order valence-electron chi connectivity index (χ0n) is 18.0. The second-order valence-corrected chi connectivity index (χ2v) is 9.39. The Kier molecular flexibility index (Phi) is 6.25. The summed E-state index contributed by atoms with van der Waals surface area (Å²) in [7, 11) is 0. The Labute approximate surface area is 175 Å². The molecule has 3 aliphatic heterocycles. The average molecular weight is 401 g/mol. The van der Waals surface area contributed by atoms with Crippen molar-refractivity contribution in [2.24, 2.45) is 0 Å². The van der Waals surface area contributed by atoms with Crippen LogP contribution in [0.3, 0.4) is 0 Å². The quantitative estimate of drug-likeness (QED) is 0.825. The summed E-state index contributed by atoms with van der Waals surface area (Å²) in [6.07, 6.45) is 2.16. The summed E-state index contributed by atoms with van der Waals surface area (Å²) in [5.41, 5.74) is 1.16. The van der Waals surface area contributed by atoms with E-state index in [0.717, 1.165) is 65.2 Å². The number of amides is 1. The summed E-state index contributed by atoms with van der Waals surface area (Å²) in [6.45, 7) is 11.9. The van der Waals surface area contributed by atoms with E-state index in [4.69, 9.17) is 0 Å². The van der Waals surface area contributed by atoms with Crippen LogP contribution in [0.1, 0.15) is 32.3 Å². The van der Waals surface area contributed by atoms with Crippen LogP contribution in [-0.4, -0.2) is 101 Å². The number of hydrogen-bond donors (Lipinski definition) is 1. The highest BCUT2D eigenvalue weighted by molar-refractivity contribution is 5.73. The molecule has 1 amide bonds. The lowest BCUT2D eigenvalue weighted by Gasteiger charge is -2.57. The average Bonchev–Trinajstić information content (AvgIpc) is 2.74. The van der Waals surface area contributed by atoms with E-state index in [-0.39, 0.29) is 18.1 Å². The van der Waals surface area contributed by atoms with Gasteiger partial charge in [-0.15, -0.1) is 0 Å². The minimum atomic E-state index is -0.179. The SMILES string of the molecule is CC(=O)N1CCC(N2CCN3[C@H](CN(Cc4ccccc4)C[C@@]3(C)CO)C2)CC1. The molecule has 160 valence electrons. The molecule has 4 rings (SSSR count). The number of piperidine rings is 1. The molecule has 0 saturated carbocycles. The summed E-state index contributed by atoms with van der Waals surface area (Å²) >= 11 is 0. The molecule has 6 heteroatoms. The van der Waals surface area contributed by atoms with E-state index in [9.17, 15) is 9.90 Å². The third kappa shape index (κ3) is 4.50. The van der Waals surface area contributed by atoms with Crippen LogP contribution >= 0.6 is 0 Å². The van der Waals surface area contributed by atoms with Crippen LogP contribution in [0.4, 0.5) is 0 Å². The maximum Gasteiger partial charge on any atom is 0.219 e. The molecule has 0 radical (unpaired) electrons. The van der Waals surface area contributed by atoms with Gasteiger partial charge in [0.05, 0.1) is 12.1 Å². The lowest BCUT2D eigenvalue weighted by molar-refractivity contribution is -0.131. The van der Waals surface area contributed by atoms with Crippen molar-refractivity contribution in [3.8, 4) is 0 Å². The first kappa shape index (κ1) is 20.8. The third-order valence-electron chi connectivity index (χ3n) is 7.26. The van der Waals surface area contributed by atoms with Gasteiger partial charge in [0.1, 0.15) is 0 Å². The van der Waals surface area contributed by atoms with E-state index in [0.29, 0.717) is 12.1 Å². The molecule has 1 aromatic rings. The molecule has 1 N–H and O–H groups in total. The Morgan fingerprint density at radius 3 is 2.45 bits per heavy atom. The van der Waals surface area contributed by atoms with Gasteiger partial charge in [-0.05, 0) is 25.3 Å². The van der Waals surface area contributed by atoms with Crippen LogP contribution in [0.2, 0.25) is 0 Å². The number of carbonyl (C=O) groups is 1. The number of rotatable bonds is 4. The number of fused-ring (bicyclic) bond motifs is 1. The normalized spacial score (nSPS) is 30.3. The number of aliphatic hydroxyl groups is 1. The number of nitrogens with zero attached hydrogens (tertiary/aromatic N) is 4. The van der Waals surface area contributed by atoms with E-state index in [1.54, 1.807) is 6.92 Å². The number of benzene rings is 1. The first-order valence-corrected chi connectivity index (χ1v) is 11.1. The van der Waals surface area contributed by atoms with Gasteiger partial charge in [0, 0.05) is 71.4 Å². The van der Waals surface area contributed by atoms with Crippen molar-refractivity contribution in [3.05, 3.63) is 35.9 Å². The maximum absolute atomic E-state index is 11.6. The first-order chi connectivity index (χ1) is 14.0. The van der Waals surface area contributed by atoms with Crippen molar-refractivity contribution in [3.63, 3.8) is 0 Å². The Balaban J connectivity index is 1.42. The van der Waals surface area contributed by atoms with Gasteiger partial charge in [-0.1, -0.05) is 30.3 Å². The third-order valence-corrected chi connectivity index (χ3v) is 7.26. The summed E-state index contributed by atoms with van der Waals surface area (Å²) in [4.78, 5) is 21.4. The molecule has 0 aromatic heterocycles. The van der Waals surface area contributed by atoms with Crippen molar-refractivity contribution in [2.45, 2.75) is 50.9 Å². The molecule has 1 aromatic carbocycles. The Morgan fingerprint density at radius 2 is 1.79 bits per heavy atom. The fourth-order valence-corrected chi connectivity index (χ4v) is 5.66. The topological polar surface area (TPSA) is 50.3 Å². The van der Waals surface area contributed by atoms with E-state index in [2.05, 4.69) is 52.0 Å². The molecule has 3 aliphatic rings. The van der Waals surface area contributed by atoms with E-state index in [1.807, 2.05) is 4.90 Å². The predicted octanol–water partition coefficient (Wildman–Crippen LogP) is 1.25. The Hall–Kier alpha value is -1.47. The molecular formula is C23H36N4O2. The van der Waals surface area contributed by atoms with Crippen LogP contribution in [0.25, 0.3) is 0 Å². The van der Waals surface area contributed by atoms with Gasteiger partial charge in [0.2, 0.25) is 5.91 Å². The fourth-order valence-electron chi connectivity index (χ4n) is 5.66. The maximum atomic E-state index is 11.6. The van der Waals surface area contributed by atoms with Gasteiger partial charge in [0.25, 0.3) is 0 Å². The molecule has 0 spiro atoms. The van der Waals surface area contributed by atoms with E-state index in [1.165, 1.54) is 5.56 Å². The molecule has 0 unspecified atom stereocenters.